The second-order valence-electron chi connectivity index (χ2n) is 5.30. The fourth-order valence-electron chi connectivity index (χ4n) is 2.00. The minimum atomic E-state index is -4.78. The number of carbonyl (C=O) groups excluding carboxylic acids is 2. The summed E-state index contributed by atoms with van der Waals surface area (Å²) in [5.41, 5.74) is 1.83. The largest absolute Gasteiger partial charge is 0.573 e. The monoisotopic (exact) mass is 367 g/mol. The Hall–Kier alpha value is -3.23. The summed E-state index contributed by atoms with van der Waals surface area (Å²) < 4.78 is 39.9. The van der Waals surface area contributed by atoms with Crippen molar-refractivity contribution in [1.29, 1.82) is 0 Å². The van der Waals surface area contributed by atoms with Crippen LogP contribution >= 0.6 is 0 Å². The molecule has 26 heavy (non-hydrogen) atoms. The molecule has 0 saturated carbocycles. The van der Waals surface area contributed by atoms with E-state index < -0.39 is 24.1 Å². The molecule has 0 fully saturated rings. The summed E-state index contributed by atoms with van der Waals surface area (Å²) in [5.74, 6) is -0.931. The van der Waals surface area contributed by atoms with Crippen LogP contribution in [-0.2, 0) is 4.79 Å². The van der Waals surface area contributed by atoms with Gasteiger partial charge in [0, 0.05) is 11.4 Å². The SMILES string of the molecule is Cc1cccc(NC(=O)NCC(=O)Nc2ccc(OC(F)(F)F)cc2)c1. The lowest BCUT2D eigenvalue weighted by Gasteiger charge is -2.10. The number of hydrogen-bond acceptors (Lipinski definition) is 3. The maximum atomic E-state index is 12.1. The molecule has 3 N–H and O–H groups in total. The maximum Gasteiger partial charge on any atom is 0.573 e. The normalized spacial score (nSPS) is 10.8. The predicted molar refractivity (Wildman–Crippen MR) is 90.0 cm³/mol. The number of anilines is 2. The zero-order valence-corrected chi connectivity index (χ0v) is 13.7. The molecule has 3 amide bonds. The average molecular weight is 367 g/mol. The molecule has 0 aliphatic rings. The minimum Gasteiger partial charge on any atom is -0.406 e. The van der Waals surface area contributed by atoms with E-state index in [1.165, 1.54) is 12.1 Å². The van der Waals surface area contributed by atoms with Crippen LogP contribution in [0.4, 0.5) is 29.3 Å². The molecule has 2 aromatic carbocycles. The second-order valence-corrected chi connectivity index (χ2v) is 5.30. The van der Waals surface area contributed by atoms with Crippen molar-refractivity contribution in [3.8, 4) is 5.75 Å². The van der Waals surface area contributed by atoms with Gasteiger partial charge in [0.05, 0.1) is 6.54 Å². The Labute approximate surface area is 147 Å². The quantitative estimate of drug-likeness (QED) is 0.755. The molecule has 0 bridgehead atoms. The fraction of sp³-hybridized carbons (Fsp3) is 0.176. The van der Waals surface area contributed by atoms with Gasteiger partial charge in [-0.25, -0.2) is 4.79 Å². The topological polar surface area (TPSA) is 79.5 Å². The van der Waals surface area contributed by atoms with Gasteiger partial charge in [-0.15, -0.1) is 13.2 Å². The summed E-state index contributed by atoms with van der Waals surface area (Å²) in [4.78, 5) is 23.5. The molecule has 2 aromatic rings. The highest BCUT2D eigenvalue weighted by atomic mass is 19.4. The summed E-state index contributed by atoms with van der Waals surface area (Å²) in [6.07, 6.45) is -4.78. The van der Waals surface area contributed by atoms with Crippen molar-refractivity contribution in [2.75, 3.05) is 17.2 Å². The van der Waals surface area contributed by atoms with Gasteiger partial charge in [0.1, 0.15) is 5.75 Å². The molecule has 9 heteroatoms. The highest BCUT2D eigenvalue weighted by Gasteiger charge is 2.30. The van der Waals surface area contributed by atoms with Crippen molar-refractivity contribution in [2.24, 2.45) is 0 Å². The molecule has 0 unspecified atom stereocenters. The smallest absolute Gasteiger partial charge is 0.406 e. The second kappa shape index (κ2) is 8.24. The summed E-state index contributed by atoms with van der Waals surface area (Å²) in [6.45, 7) is 1.57. The first-order valence-corrected chi connectivity index (χ1v) is 7.48. The number of amides is 3. The van der Waals surface area contributed by atoms with Gasteiger partial charge in [-0.3, -0.25) is 4.79 Å². The number of ether oxygens (including phenoxy) is 1. The molecule has 6 nitrogen and oxygen atoms in total. The lowest BCUT2D eigenvalue weighted by molar-refractivity contribution is -0.274. The molecular formula is C17H16F3N3O3. The Bertz CT molecular complexity index is 777. The first kappa shape index (κ1) is 19.1. The van der Waals surface area contributed by atoms with Gasteiger partial charge in [-0.1, -0.05) is 12.1 Å². The summed E-state index contributed by atoms with van der Waals surface area (Å²) in [5, 5.41) is 7.40. The Kier molecular flexibility index (Phi) is 6.05. The number of alkyl halides is 3. The van der Waals surface area contributed by atoms with Gasteiger partial charge in [0.2, 0.25) is 5.91 Å². The number of hydrogen-bond donors (Lipinski definition) is 3. The van der Waals surface area contributed by atoms with Gasteiger partial charge in [0.15, 0.2) is 0 Å². The third-order valence-corrected chi connectivity index (χ3v) is 3.06. The van der Waals surface area contributed by atoms with E-state index in [9.17, 15) is 22.8 Å². The van der Waals surface area contributed by atoms with Crippen LogP contribution in [0.1, 0.15) is 5.56 Å². The molecule has 0 heterocycles. The number of carbonyl (C=O) groups is 2. The maximum absolute atomic E-state index is 12.1. The molecular weight excluding hydrogens is 351 g/mol. The van der Waals surface area contributed by atoms with Crippen molar-refractivity contribution < 1.29 is 27.5 Å². The molecule has 138 valence electrons. The van der Waals surface area contributed by atoms with Crippen LogP contribution in [0.5, 0.6) is 5.75 Å². The van der Waals surface area contributed by atoms with Gasteiger partial charge in [-0.2, -0.15) is 0 Å². The third kappa shape index (κ3) is 6.71. The lowest BCUT2D eigenvalue weighted by atomic mass is 10.2. The lowest BCUT2D eigenvalue weighted by Crippen LogP contribution is -2.35. The molecule has 0 spiro atoms. The van der Waals surface area contributed by atoms with E-state index in [0.29, 0.717) is 5.69 Å². The third-order valence-electron chi connectivity index (χ3n) is 3.06. The van der Waals surface area contributed by atoms with Gasteiger partial charge in [-0.05, 0) is 48.9 Å². The number of aryl methyl sites for hydroxylation is 1. The van der Waals surface area contributed by atoms with Crippen LogP contribution in [0.2, 0.25) is 0 Å². The van der Waals surface area contributed by atoms with E-state index >= 15 is 0 Å². The van der Waals surface area contributed by atoms with Crippen LogP contribution < -0.4 is 20.7 Å². The van der Waals surface area contributed by atoms with E-state index in [2.05, 4.69) is 20.7 Å². The summed E-state index contributed by atoms with van der Waals surface area (Å²) >= 11 is 0. The van der Waals surface area contributed by atoms with Crippen LogP contribution in [0.15, 0.2) is 48.5 Å². The van der Waals surface area contributed by atoms with E-state index in [1.54, 1.807) is 18.2 Å². The molecule has 0 aromatic heterocycles. The summed E-state index contributed by atoms with van der Waals surface area (Å²) in [7, 11) is 0. The first-order chi connectivity index (χ1) is 12.2. The molecule has 0 saturated heterocycles. The fourth-order valence-corrected chi connectivity index (χ4v) is 2.00. The van der Waals surface area contributed by atoms with Crippen molar-refractivity contribution in [2.45, 2.75) is 13.3 Å². The number of urea groups is 1. The van der Waals surface area contributed by atoms with Crippen LogP contribution in [0.25, 0.3) is 0 Å². The molecule has 0 aliphatic carbocycles. The van der Waals surface area contributed by atoms with E-state index in [4.69, 9.17) is 0 Å². The summed E-state index contributed by atoms with van der Waals surface area (Å²) in [6, 6.07) is 11.2. The van der Waals surface area contributed by atoms with Crippen LogP contribution in [0.3, 0.4) is 0 Å². The standard InChI is InChI=1S/C17H16F3N3O3/c1-11-3-2-4-13(9-11)23-16(25)21-10-15(24)22-12-5-7-14(8-6-12)26-17(18,19)20/h2-9H,10H2,1H3,(H,22,24)(H2,21,23,25). The zero-order chi connectivity index (χ0) is 19.2. The highest BCUT2D eigenvalue weighted by molar-refractivity contribution is 5.96. The number of rotatable bonds is 5. The molecule has 2 rings (SSSR count). The predicted octanol–water partition coefficient (Wildman–Crippen LogP) is 3.65. The molecule has 0 atom stereocenters. The zero-order valence-electron chi connectivity index (χ0n) is 13.7. The highest BCUT2D eigenvalue weighted by Crippen LogP contribution is 2.23. The van der Waals surface area contributed by atoms with Crippen LogP contribution in [0, 0.1) is 6.92 Å². The van der Waals surface area contributed by atoms with Gasteiger partial charge < -0.3 is 20.7 Å². The Morgan fingerprint density at radius 3 is 2.31 bits per heavy atom. The van der Waals surface area contributed by atoms with Crippen LogP contribution in [-0.4, -0.2) is 24.8 Å². The number of benzene rings is 2. The van der Waals surface area contributed by atoms with Crippen molar-refractivity contribution in [3.05, 3.63) is 54.1 Å². The number of nitrogens with one attached hydrogen (secondary N) is 3. The van der Waals surface area contributed by atoms with Crippen molar-refractivity contribution in [3.63, 3.8) is 0 Å². The first-order valence-electron chi connectivity index (χ1n) is 7.48. The number of halogens is 3. The van der Waals surface area contributed by atoms with E-state index in [0.717, 1.165) is 17.7 Å². The molecule has 0 radical (unpaired) electrons. The van der Waals surface area contributed by atoms with E-state index in [-0.39, 0.29) is 12.2 Å². The van der Waals surface area contributed by atoms with Gasteiger partial charge >= 0.3 is 12.4 Å². The Morgan fingerprint density at radius 2 is 1.69 bits per heavy atom. The minimum absolute atomic E-state index is 0.269. The van der Waals surface area contributed by atoms with E-state index in [1.807, 2.05) is 13.0 Å². The van der Waals surface area contributed by atoms with Crippen molar-refractivity contribution >= 4 is 23.3 Å². The Balaban J connectivity index is 1.78. The van der Waals surface area contributed by atoms with Crippen molar-refractivity contribution in [1.82, 2.24) is 5.32 Å². The van der Waals surface area contributed by atoms with Gasteiger partial charge in [0.25, 0.3) is 0 Å². The average Bonchev–Trinajstić information content (AvgIpc) is 2.53. The Morgan fingerprint density at radius 1 is 1.00 bits per heavy atom. The molecule has 0 aliphatic heterocycles.